The minimum atomic E-state index is -0.654. The summed E-state index contributed by atoms with van der Waals surface area (Å²) in [7, 11) is 0. The number of hydrogen-bond acceptors (Lipinski definition) is 0. The minimum absolute atomic E-state index is 0.456. The Balaban J connectivity index is 4.42. The first kappa shape index (κ1) is 9.08. The van der Waals surface area contributed by atoms with Crippen LogP contribution in [-0.2, 0) is 0 Å². The molecule has 0 aliphatic heterocycles. The van der Waals surface area contributed by atoms with Crippen molar-refractivity contribution >= 4 is 0 Å². The molecule has 0 rings (SSSR count). The molecule has 0 aromatic heterocycles. The molecule has 0 aliphatic carbocycles. The molecule has 0 saturated heterocycles. The van der Waals surface area contributed by atoms with E-state index in [1.54, 1.807) is 13.8 Å². The fourth-order valence-corrected chi connectivity index (χ4v) is 0.324. The highest BCUT2D eigenvalue weighted by atomic mass is 19.1. The quantitative estimate of drug-likeness (QED) is 0.521. The fourth-order valence-electron chi connectivity index (χ4n) is 0.324. The van der Waals surface area contributed by atoms with Gasteiger partial charge in [-0.15, -0.1) is 0 Å². The molecule has 0 radical (unpaired) electrons. The average molecular weight is 144 g/mol. The summed E-state index contributed by atoms with van der Waals surface area (Å²) in [6.07, 6.45) is 1.77. The van der Waals surface area contributed by atoms with Crippen molar-refractivity contribution in [3.05, 3.63) is 36.0 Å². The predicted molar refractivity (Wildman–Crippen MR) is 38.9 cm³/mol. The fraction of sp³-hybridized carbons (Fsp3) is 0.250. The van der Waals surface area contributed by atoms with Crippen LogP contribution < -0.4 is 0 Å². The van der Waals surface area contributed by atoms with Crippen molar-refractivity contribution in [2.45, 2.75) is 13.8 Å². The van der Waals surface area contributed by atoms with Crippen molar-refractivity contribution in [2.75, 3.05) is 0 Å². The molecular formula is C8H10F2. The lowest BCUT2D eigenvalue weighted by molar-refractivity contribution is 0.624. The largest absolute Gasteiger partial charge is 0.207 e. The summed E-state index contributed by atoms with van der Waals surface area (Å²) in [5.41, 5.74) is 0.456. The molecule has 0 nitrogen and oxygen atoms in total. The highest BCUT2D eigenvalue weighted by molar-refractivity contribution is 5.23. The summed E-state index contributed by atoms with van der Waals surface area (Å²) in [6.45, 7) is 6.28. The second kappa shape index (κ2) is 3.99. The van der Waals surface area contributed by atoms with Crippen LogP contribution in [0, 0.1) is 0 Å². The van der Waals surface area contributed by atoms with E-state index in [-0.39, 0.29) is 0 Å². The van der Waals surface area contributed by atoms with Gasteiger partial charge in [0.1, 0.15) is 11.7 Å². The first-order chi connectivity index (χ1) is 4.57. The second-order valence-corrected chi connectivity index (χ2v) is 2.08. The van der Waals surface area contributed by atoms with Crippen LogP contribution in [0.2, 0.25) is 0 Å². The van der Waals surface area contributed by atoms with Crippen molar-refractivity contribution < 1.29 is 8.78 Å². The van der Waals surface area contributed by atoms with E-state index in [1.165, 1.54) is 0 Å². The molecule has 0 saturated carbocycles. The third-order valence-electron chi connectivity index (χ3n) is 0.937. The van der Waals surface area contributed by atoms with Crippen LogP contribution in [0.15, 0.2) is 36.0 Å². The van der Waals surface area contributed by atoms with Gasteiger partial charge in [0.25, 0.3) is 0 Å². The molecule has 56 valence electrons. The Labute approximate surface area is 59.6 Å². The van der Waals surface area contributed by atoms with E-state index in [9.17, 15) is 8.78 Å². The molecule has 10 heavy (non-hydrogen) atoms. The molecular weight excluding hydrogens is 134 g/mol. The first-order valence-electron chi connectivity index (χ1n) is 2.90. The van der Waals surface area contributed by atoms with Crippen LogP contribution in [0.5, 0.6) is 0 Å². The molecule has 0 aliphatic rings. The monoisotopic (exact) mass is 144 g/mol. The van der Waals surface area contributed by atoms with Crippen LogP contribution >= 0.6 is 0 Å². The zero-order chi connectivity index (χ0) is 8.15. The molecule has 0 bridgehead atoms. The van der Waals surface area contributed by atoms with Gasteiger partial charge in [-0.25, -0.2) is 8.78 Å². The molecule has 0 fully saturated rings. The Morgan fingerprint density at radius 3 is 2.10 bits per heavy atom. The van der Waals surface area contributed by atoms with Crippen molar-refractivity contribution in [3.63, 3.8) is 0 Å². The van der Waals surface area contributed by atoms with Gasteiger partial charge >= 0.3 is 0 Å². The molecule has 0 amide bonds. The molecule has 0 spiro atoms. The summed E-state index contributed by atoms with van der Waals surface area (Å²) in [4.78, 5) is 0. The van der Waals surface area contributed by atoms with E-state index in [0.717, 1.165) is 12.2 Å². The molecule has 0 unspecified atom stereocenters. The second-order valence-electron chi connectivity index (χ2n) is 2.08. The summed E-state index contributed by atoms with van der Waals surface area (Å²) in [5, 5.41) is 0. The molecule has 0 atom stereocenters. The Morgan fingerprint density at radius 1 is 1.30 bits per heavy atom. The Hall–Kier alpha value is -0.920. The van der Waals surface area contributed by atoms with Gasteiger partial charge in [-0.05, 0) is 25.5 Å². The summed E-state index contributed by atoms with van der Waals surface area (Å²) < 4.78 is 24.7. The van der Waals surface area contributed by atoms with Crippen LogP contribution in [0.25, 0.3) is 0 Å². The van der Waals surface area contributed by atoms with Crippen molar-refractivity contribution in [2.24, 2.45) is 0 Å². The zero-order valence-electron chi connectivity index (χ0n) is 6.12. The normalized spacial score (nSPS) is 11.0. The van der Waals surface area contributed by atoms with Gasteiger partial charge < -0.3 is 0 Å². The van der Waals surface area contributed by atoms with Gasteiger partial charge in [-0.2, -0.15) is 0 Å². The van der Waals surface area contributed by atoms with Gasteiger partial charge in [-0.1, -0.05) is 6.58 Å². The maximum atomic E-state index is 12.5. The highest BCUT2D eigenvalue weighted by Gasteiger charge is 1.93. The topological polar surface area (TPSA) is 0 Å². The predicted octanol–water partition coefficient (Wildman–Crippen LogP) is 3.29. The van der Waals surface area contributed by atoms with Crippen molar-refractivity contribution in [3.8, 4) is 0 Å². The maximum absolute atomic E-state index is 12.5. The van der Waals surface area contributed by atoms with E-state index in [1.807, 2.05) is 0 Å². The van der Waals surface area contributed by atoms with E-state index < -0.39 is 11.7 Å². The van der Waals surface area contributed by atoms with E-state index in [2.05, 4.69) is 6.58 Å². The average Bonchev–Trinajstić information content (AvgIpc) is 1.87. The third kappa shape index (κ3) is 3.17. The number of halogens is 2. The third-order valence-corrected chi connectivity index (χ3v) is 0.937. The molecule has 0 heterocycles. The van der Waals surface area contributed by atoms with E-state index in [0.29, 0.717) is 5.57 Å². The maximum Gasteiger partial charge on any atom is 0.125 e. The molecule has 2 heteroatoms. The van der Waals surface area contributed by atoms with Crippen LogP contribution in [-0.4, -0.2) is 0 Å². The smallest absolute Gasteiger partial charge is 0.125 e. The summed E-state index contributed by atoms with van der Waals surface area (Å²) >= 11 is 0. The number of rotatable bonds is 2. The van der Waals surface area contributed by atoms with Gasteiger partial charge in [0.05, 0.1) is 0 Å². The van der Waals surface area contributed by atoms with Gasteiger partial charge in [0, 0.05) is 6.08 Å². The first-order valence-corrected chi connectivity index (χ1v) is 2.90. The van der Waals surface area contributed by atoms with Crippen molar-refractivity contribution in [1.82, 2.24) is 0 Å². The standard InChI is InChI=1S/C8H10F2/c1-4-7(9)5-8(10)6(2)3/h4-5H,1H2,2-3H3. The van der Waals surface area contributed by atoms with Crippen LogP contribution in [0.3, 0.4) is 0 Å². The van der Waals surface area contributed by atoms with Gasteiger partial charge in [-0.3, -0.25) is 0 Å². The SMILES string of the molecule is C=CC(F)=CC(F)=C(C)C. The molecule has 0 aromatic carbocycles. The van der Waals surface area contributed by atoms with Gasteiger partial charge in [0.2, 0.25) is 0 Å². The Morgan fingerprint density at radius 2 is 1.80 bits per heavy atom. The minimum Gasteiger partial charge on any atom is -0.207 e. The van der Waals surface area contributed by atoms with E-state index in [4.69, 9.17) is 0 Å². The van der Waals surface area contributed by atoms with Crippen LogP contribution in [0.1, 0.15) is 13.8 Å². The lowest BCUT2D eigenvalue weighted by atomic mass is 10.3. The zero-order valence-corrected chi connectivity index (χ0v) is 6.12. The lowest BCUT2D eigenvalue weighted by Crippen LogP contribution is -1.72. The highest BCUT2D eigenvalue weighted by Crippen LogP contribution is 2.10. The van der Waals surface area contributed by atoms with Crippen molar-refractivity contribution in [1.29, 1.82) is 0 Å². The Bertz CT molecular complexity index is 183. The molecule has 0 N–H and O–H groups in total. The summed E-state index contributed by atoms with van der Waals surface area (Å²) in [5.74, 6) is -1.20. The molecule has 0 aromatic rings. The number of allylic oxidation sites excluding steroid dienone is 5. The number of hydrogen-bond donors (Lipinski definition) is 0. The summed E-state index contributed by atoms with van der Waals surface area (Å²) in [6, 6.07) is 0. The van der Waals surface area contributed by atoms with Gasteiger partial charge in [0.15, 0.2) is 0 Å². The van der Waals surface area contributed by atoms with Crippen LogP contribution in [0.4, 0.5) is 8.78 Å². The lowest BCUT2D eigenvalue weighted by Gasteiger charge is -1.89. The van der Waals surface area contributed by atoms with E-state index >= 15 is 0 Å². The Kier molecular flexibility index (Phi) is 3.62.